The summed E-state index contributed by atoms with van der Waals surface area (Å²) in [5.74, 6) is -4.62. The minimum atomic E-state index is -1.67. The van der Waals surface area contributed by atoms with Gasteiger partial charge >= 0.3 is 0 Å². The molecule has 0 aliphatic carbocycles. The molecule has 0 atom stereocenters. The molecule has 25 heavy (non-hydrogen) atoms. The Balaban J connectivity index is 2.13. The molecule has 1 N–H and O–H groups in total. The molecule has 0 spiro atoms. The molecule has 4 nitrogen and oxygen atoms in total. The van der Waals surface area contributed by atoms with Gasteiger partial charge in [-0.1, -0.05) is 13.8 Å². The standard InChI is InChI=1S/C18H20F3N3O/c1-3-9-24(10-4-2)15-8-5-12(11-22-15)23-18(25)13-6-7-14(19)17(21)16(13)20/h5-8,11H,3-4,9-10H2,1-2H3,(H,23,25). The Hall–Kier alpha value is -2.57. The number of benzene rings is 1. The number of rotatable bonds is 7. The van der Waals surface area contributed by atoms with E-state index in [0.29, 0.717) is 11.8 Å². The monoisotopic (exact) mass is 351 g/mol. The molecule has 1 aromatic carbocycles. The van der Waals surface area contributed by atoms with Crippen molar-refractivity contribution in [1.82, 2.24) is 4.98 Å². The van der Waals surface area contributed by atoms with Gasteiger partial charge in [-0.3, -0.25) is 4.79 Å². The number of hydrogen-bond acceptors (Lipinski definition) is 3. The van der Waals surface area contributed by atoms with Crippen LogP contribution in [0.2, 0.25) is 0 Å². The fourth-order valence-electron chi connectivity index (χ4n) is 2.43. The summed E-state index contributed by atoms with van der Waals surface area (Å²) >= 11 is 0. The number of nitrogens with one attached hydrogen (secondary N) is 1. The Kier molecular flexibility index (Phi) is 6.38. The summed E-state index contributed by atoms with van der Waals surface area (Å²) in [6.45, 7) is 5.89. The van der Waals surface area contributed by atoms with Crippen LogP contribution >= 0.6 is 0 Å². The van der Waals surface area contributed by atoms with Crippen molar-refractivity contribution in [1.29, 1.82) is 0 Å². The lowest BCUT2D eigenvalue weighted by Gasteiger charge is -2.22. The lowest BCUT2D eigenvalue weighted by Crippen LogP contribution is -2.25. The molecule has 0 bridgehead atoms. The third-order valence-corrected chi connectivity index (χ3v) is 3.60. The van der Waals surface area contributed by atoms with Gasteiger partial charge < -0.3 is 10.2 Å². The molecule has 0 radical (unpaired) electrons. The summed E-state index contributed by atoms with van der Waals surface area (Å²) in [7, 11) is 0. The van der Waals surface area contributed by atoms with E-state index in [-0.39, 0.29) is 0 Å². The first-order valence-electron chi connectivity index (χ1n) is 8.13. The van der Waals surface area contributed by atoms with Crippen molar-refractivity contribution in [3.8, 4) is 0 Å². The molecule has 7 heteroatoms. The summed E-state index contributed by atoms with van der Waals surface area (Å²) in [4.78, 5) is 18.5. The zero-order valence-corrected chi connectivity index (χ0v) is 14.2. The smallest absolute Gasteiger partial charge is 0.258 e. The highest BCUT2D eigenvalue weighted by Crippen LogP contribution is 2.18. The van der Waals surface area contributed by atoms with Gasteiger partial charge in [-0.25, -0.2) is 18.2 Å². The molecule has 2 rings (SSSR count). The van der Waals surface area contributed by atoms with E-state index in [1.165, 1.54) is 6.20 Å². The first kappa shape index (κ1) is 18.8. The summed E-state index contributed by atoms with van der Waals surface area (Å²) in [5.41, 5.74) is -0.229. The van der Waals surface area contributed by atoms with E-state index in [2.05, 4.69) is 29.0 Å². The topological polar surface area (TPSA) is 45.2 Å². The van der Waals surface area contributed by atoms with Crippen molar-refractivity contribution in [2.45, 2.75) is 26.7 Å². The Morgan fingerprint density at radius 1 is 1.04 bits per heavy atom. The second-order valence-electron chi connectivity index (χ2n) is 5.57. The van der Waals surface area contributed by atoms with Crippen LogP contribution < -0.4 is 10.2 Å². The number of carbonyl (C=O) groups is 1. The third kappa shape index (κ3) is 4.49. The van der Waals surface area contributed by atoms with E-state index < -0.39 is 28.9 Å². The van der Waals surface area contributed by atoms with E-state index in [4.69, 9.17) is 0 Å². The number of carbonyl (C=O) groups excluding carboxylic acids is 1. The van der Waals surface area contributed by atoms with Crippen LogP contribution in [0, 0.1) is 17.5 Å². The Bertz CT molecular complexity index is 729. The molecule has 0 fully saturated rings. The van der Waals surface area contributed by atoms with Gasteiger partial charge in [0, 0.05) is 13.1 Å². The zero-order chi connectivity index (χ0) is 18.4. The minimum Gasteiger partial charge on any atom is -0.357 e. The van der Waals surface area contributed by atoms with Crippen molar-refractivity contribution in [3.05, 3.63) is 53.5 Å². The molecule has 1 amide bonds. The molecule has 0 aliphatic rings. The van der Waals surface area contributed by atoms with Crippen LogP contribution in [0.15, 0.2) is 30.5 Å². The van der Waals surface area contributed by atoms with Gasteiger partial charge in [-0.2, -0.15) is 0 Å². The van der Waals surface area contributed by atoms with Crippen molar-refractivity contribution >= 4 is 17.4 Å². The SMILES string of the molecule is CCCN(CCC)c1ccc(NC(=O)c2ccc(F)c(F)c2F)cn1. The minimum absolute atomic E-state index is 0.339. The van der Waals surface area contributed by atoms with Crippen molar-refractivity contribution in [2.75, 3.05) is 23.3 Å². The second-order valence-corrected chi connectivity index (χ2v) is 5.57. The predicted octanol–water partition coefficient (Wildman–Crippen LogP) is 4.38. The fourth-order valence-corrected chi connectivity index (χ4v) is 2.43. The highest BCUT2D eigenvalue weighted by Gasteiger charge is 2.19. The maximum atomic E-state index is 13.7. The molecule has 134 valence electrons. The fraction of sp³-hybridized carbons (Fsp3) is 0.333. The Labute approximate surface area is 144 Å². The highest BCUT2D eigenvalue weighted by molar-refractivity contribution is 6.04. The first-order chi connectivity index (χ1) is 12.0. The van der Waals surface area contributed by atoms with Gasteiger partial charge in [-0.05, 0) is 37.1 Å². The van der Waals surface area contributed by atoms with Crippen LogP contribution in [0.1, 0.15) is 37.0 Å². The summed E-state index contributed by atoms with van der Waals surface area (Å²) in [6.07, 6.45) is 3.41. The van der Waals surface area contributed by atoms with Gasteiger partial charge in [0.1, 0.15) is 5.82 Å². The molecule has 0 saturated heterocycles. The van der Waals surface area contributed by atoms with Gasteiger partial charge in [-0.15, -0.1) is 0 Å². The quantitative estimate of drug-likeness (QED) is 0.753. The number of anilines is 2. The molecule has 0 aliphatic heterocycles. The molecule has 0 unspecified atom stereocenters. The van der Waals surface area contributed by atoms with Crippen LogP contribution in [0.5, 0.6) is 0 Å². The maximum absolute atomic E-state index is 13.7. The summed E-state index contributed by atoms with van der Waals surface area (Å²) in [5, 5.41) is 2.43. The number of aromatic nitrogens is 1. The van der Waals surface area contributed by atoms with Crippen molar-refractivity contribution < 1.29 is 18.0 Å². The maximum Gasteiger partial charge on any atom is 0.258 e. The molecule has 0 saturated carbocycles. The molecule has 1 aromatic heterocycles. The second kappa shape index (κ2) is 8.50. The first-order valence-corrected chi connectivity index (χ1v) is 8.13. The summed E-state index contributed by atoms with van der Waals surface area (Å²) in [6, 6.07) is 5.00. The molecule has 2 aromatic rings. The number of nitrogens with zero attached hydrogens (tertiary/aromatic N) is 2. The number of pyridine rings is 1. The highest BCUT2D eigenvalue weighted by atomic mass is 19.2. The molecule has 1 heterocycles. The third-order valence-electron chi connectivity index (χ3n) is 3.60. The van der Waals surface area contributed by atoms with Gasteiger partial charge in [0.15, 0.2) is 17.5 Å². The van der Waals surface area contributed by atoms with Crippen LogP contribution in [-0.2, 0) is 0 Å². The average molecular weight is 351 g/mol. The Morgan fingerprint density at radius 3 is 2.28 bits per heavy atom. The average Bonchev–Trinajstić information content (AvgIpc) is 2.60. The van der Waals surface area contributed by atoms with Crippen LogP contribution in [0.25, 0.3) is 0 Å². The van der Waals surface area contributed by atoms with Crippen LogP contribution in [0.3, 0.4) is 0 Å². The summed E-state index contributed by atoms with van der Waals surface area (Å²) < 4.78 is 39.8. The van der Waals surface area contributed by atoms with E-state index in [0.717, 1.165) is 37.8 Å². The van der Waals surface area contributed by atoms with E-state index in [9.17, 15) is 18.0 Å². The molecular formula is C18H20F3N3O. The number of amides is 1. The lowest BCUT2D eigenvalue weighted by molar-refractivity contribution is 0.102. The van der Waals surface area contributed by atoms with Crippen molar-refractivity contribution in [2.24, 2.45) is 0 Å². The van der Waals surface area contributed by atoms with Crippen LogP contribution in [0.4, 0.5) is 24.7 Å². The number of hydrogen-bond donors (Lipinski definition) is 1. The largest absolute Gasteiger partial charge is 0.357 e. The predicted molar refractivity (Wildman–Crippen MR) is 91.3 cm³/mol. The van der Waals surface area contributed by atoms with Gasteiger partial charge in [0.2, 0.25) is 0 Å². The van der Waals surface area contributed by atoms with E-state index in [1.54, 1.807) is 12.1 Å². The van der Waals surface area contributed by atoms with Crippen molar-refractivity contribution in [3.63, 3.8) is 0 Å². The number of halogens is 3. The van der Waals surface area contributed by atoms with E-state index in [1.807, 2.05) is 0 Å². The lowest BCUT2D eigenvalue weighted by atomic mass is 10.2. The normalized spacial score (nSPS) is 10.6. The molecular weight excluding hydrogens is 331 g/mol. The van der Waals surface area contributed by atoms with Gasteiger partial charge in [0.05, 0.1) is 17.4 Å². The van der Waals surface area contributed by atoms with Gasteiger partial charge in [0.25, 0.3) is 5.91 Å². The Morgan fingerprint density at radius 2 is 1.72 bits per heavy atom. The zero-order valence-electron chi connectivity index (χ0n) is 14.2. The van der Waals surface area contributed by atoms with E-state index >= 15 is 0 Å². The van der Waals surface area contributed by atoms with Crippen LogP contribution in [-0.4, -0.2) is 24.0 Å².